The molecule has 104 valence electrons. The summed E-state index contributed by atoms with van der Waals surface area (Å²) in [5, 5.41) is 9.46. The number of carbonyl (C=O) groups excluding carboxylic acids is 1. The van der Waals surface area contributed by atoms with Gasteiger partial charge in [-0.3, -0.25) is 4.79 Å². The fourth-order valence-corrected chi connectivity index (χ4v) is 1.98. The van der Waals surface area contributed by atoms with Crippen LogP contribution in [0.15, 0.2) is 48.5 Å². The lowest BCUT2D eigenvalue weighted by Crippen LogP contribution is -2.27. The van der Waals surface area contributed by atoms with Crippen molar-refractivity contribution < 1.29 is 14.6 Å². The molecule has 0 saturated heterocycles. The Labute approximate surface area is 118 Å². The van der Waals surface area contributed by atoms with E-state index in [0.29, 0.717) is 11.4 Å². The quantitative estimate of drug-likeness (QED) is 0.930. The molecule has 0 spiro atoms. The highest BCUT2D eigenvalue weighted by molar-refractivity contribution is 5.94. The van der Waals surface area contributed by atoms with Gasteiger partial charge in [-0.15, -0.1) is 0 Å². The minimum atomic E-state index is -0.0694. The van der Waals surface area contributed by atoms with E-state index >= 15 is 0 Å². The molecular weight excluding hydrogens is 254 g/mol. The number of ether oxygens (including phenoxy) is 1. The van der Waals surface area contributed by atoms with Crippen molar-refractivity contribution in [1.29, 1.82) is 0 Å². The van der Waals surface area contributed by atoms with Crippen molar-refractivity contribution in [2.75, 3.05) is 19.1 Å². The van der Waals surface area contributed by atoms with Gasteiger partial charge in [-0.05, 0) is 18.2 Å². The van der Waals surface area contributed by atoms with Crippen LogP contribution in [0.4, 0.5) is 5.69 Å². The Morgan fingerprint density at radius 2 is 1.95 bits per heavy atom. The smallest absolute Gasteiger partial charge is 0.231 e. The minimum Gasteiger partial charge on any atom is -0.508 e. The number of aromatic hydroxyl groups is 1. The van der Waals surface area contributed by atoms with E-state index in [1.807, 2.05) is 24.3 Å². The fraction of sp³-hybridized carbons (Fsp3) is 0.188. The number of amides is 1. The molecule has 0 aliphatic carbocycles. The Kier molecular flexibility index (Phi) is 4.25. The van der Waals surface area contributed by atoms with E-state index < -0.39 is 0 Å². The van der Waals surface area contributed by atoms with Crippen LogP contribution in [0.1, 0.15) is 5.56 Å². The van der Waals surface area contributed by atoms with Gasteiger partial charge in [-0.2, -0.15) is 0 Å². The lowest BCUT2D eigenvalue weighted by molar-refractivity contribution is -0.117. The molecule has 0 saturated carbocycles. The number of anilines is 1. The number of phenols is 1. The number of likely N-dealkylation sites (N-methyl/N-ethyl adjacent to an activating group) is 1. The van der Waals surface area contributed by atoms with Crippen molar-refractivity contribution in [3.63, 3.8) is 0 Å². The van der Waals surface area contributed by atoms with Gasteiger partial charge in [0.05, 0.1) is 13.5 Å². The van der Waals surface area contributed by atoms with E-state index in [9.17, 15) is 9.90 Å². The molecule has 0 heterocycles. The molecule has 4 heteroatoms. The van der Waals surface area contributed by atoms with Crippen LogP contribution >= 0.6 is 0 Å². The van der Waals surface area contributed by atoms with E-state index in [-0.39, 0.29) is 18.1 Å². The highest BCUT2D eigenvalue weighted by atomic mass is 16.5. The summed E-state index contributed by atoms with van der Waals surface area (Å²) in [7, 11) is 3.27. The van der Waals surface area contributed by atoms with Crippen LogP contribution in [0, 0.1) is 0 Å². The van der Waals surface area contributed by atoms with Gasteiger partial charge in [0, 0.05) is 24.4 Å². The lowest BCUT2D eigenvalue weighted by atomic mass is 10.1. The van der Waals surface area contributed by atoms with Crippen molar-refractivity contribution in [2.45, 2.75) is 6.42 Å². The van der Waals surface area contributed by atoms with Gasteiger partial charge >= 0.3 is 0 Å². The topological polar surface area (TPSA) is 49.8 Å². The molecule has 0 aliphatic heterocycles. The summed E-state index contributed by atoms with van der Waals surface area (Å²) in [5.74, 6) is 0.768. The Hall–Kier alpha value is -2.49. The van der Waals surface area contributed by atoms with Crippen molar-refractivity contribution in [1.82, 2.24) is 0 Å². The summed E-state index contributed by atoms with van der Waals surface area (Å²) in [4.78, 5) is 13.8. The first-order valence-corrected chi connectivity index (χ1v) is 6.29. The summed E-state index contributed by atoms with van der Waals surface area (Å²) < 4.78 is 5.24. The SMILES string of the molecule is COc1ccccc1CC(=O)N(C)c1cccc(O)c1. The number of nitrogens with zero attached hydrogens (tertiary/aromatic N) is 1. The Morgan fingerprint density at radius 3 is 2.65 bits per heavy atom. The Balaban J connectivity index is 2.15. The van der Waals surface area contributed by atoms with Crippen molar-refractivity contribution >= 4 is 11.6 Å². The number of carbonyl (C=O) groups is 1. The third kappa shape index (κ3) is 3.09. The molecule has 0 atom stereocenters. The van der Waals surface area contributed by atoms with Crippen molar-refractivity contribution in [3.8, 4) is 11.5 Å². The summed E-state index contributed by atoms with van der Waals surface area (Å²) in [5.41, 5.74) is 1.50. The molecule has 20 heavy (non-hydrogen) atoms. The molecule has 0 bridgehead atoms. The molecule has 4 nitrogen and oxygen atoms in total. The van der Waals surface area contributed by atoms with Crippen molar-refractivity contribution in [3.05, 3.63) is 54.1 Å². The largest absolute Gasteiger partial charge is 0.508 e. The maximum Gasteiger partial charge on any atom is 0.231 e. The van der Waals surface area contributed by atoms with Crippen LogP contribution in [0.5, 0.6) is 11.5 Å². The van der Waals surface area contributed by atoms with Gasteiger partial charge in [-0.25, -0.2) is 0 Å². The molecule has 0 fully saturated rings. The van der Waals surface area contributed by atoms with Gasteiger partial charge in [0.2, 0.25) is 5.91 Å². The lowest BCUT2D eigenvalue weighted by Gasteiger charge is -2.18. The van der Waals surface area contributed by atoms with E-state index in [2.05, 4.69) is 0 Å². The molecule has 0 aliphatic rings. The third-order valence-electron chi connectivity index (χ3n) is 3.13. The van der Waals surface area contributed by atoms with E-state index in [0.717, 1.165) is 5.56 Å². The summed E-state index contributed by atoms with van der Waals surface area (Å²) in [6.45, 7) is 0. The first-order chi connectivity index (χ1) is 9.61. The number of hydrogen-bond donors (Lipinski definition) is 1. The molecule has 1 amide bonds. The summed E-state index contributed by atoms with van der Waals surface area (Å²) >= 11 is 0. The second-order valence-electron chi connectivity index (χ2n) is 4.46. The van der Waals surface area contributed by atoms with Crippen LogP contribution in [-0.2, 0) is 11.2 Å². The van der Waals surface area contributed by atoms with Gasteiger partial charge in [0.15, 0.2) is 0 Å². The molecule has 2 aromatic rings. The third-order valence-corrected chi connectivity index (χ3v) is 3.13. The van der Waals surface area contributed by atoms with Crippen LogP contribution in [0.3, 0.4) is 0 Å². The monoisotopic (exact) mass is 271 g/mol. The standard InChI is InChI=1S/C16H17NO3/c1-17(13-7-5-8-14(18)11-13)16(19)10-12-6-3-4-9-15(12)20-2/h3-9,11,18H,10H2,1-2H3. The number of para-hydroxylation sites is 1. The normalized spacial score (nSPS) is 10.1. The number of phenolic OH excluding ortho intramolecular Hbond substituents is 1. The van der Waals surface area contributed by atoms with Crippen LogP contribution in [0.25, 0.3) is 0 Å². The first kappa shape index (κ1) is 13.9. The highest BCUT2D eigenvalue weighted by Gasteiger charge is 2.14. The first-order valence-electron chi connectivity index (χ1n) is 6.29. The second-order valence-corrected chi connectivity index (χ2v) is 4.46. The van der Waals surface area contributed by atoms with Gasteiger partial charge in [0.1, 0.15) is 11.5 Å². The average molecular weight is 271 g/mol. The van der Waals surface area contributed by atoms with Crippen molar-refractivity contribution in [2.24, 2.45) is 0 Å². The van der Waals surface area contributed by atoms with E-state index in [1.54, 1.807) is 38.4 Å². The minimum absolute atomic E-state index is 0.0694. The number of benzene rings is 2. The molecule has 1 N–H and O–H groups in total. The molecule has 2 rings (SSSR count). The average Bonchev–Trinajstić information content (AvgIpc) is 2.47. The summed E-state index contributed by atoms with van der Waals surface area (Å²) in [6.07, 6.45) is 0.246. The van der Waals surface area contributed by atoms with Gasteiger partial charge in [-0.1, -0.05) is 24.3 Å². The zero-order valence-corrected chi connectivity index (χ0v) is 11.5. The predicted molar refractivity (Wildman–Crippen MR) is 78.2 cm³/mol. The maximum absolute atomic E-state index is 12.3. The zero-order chi connectivity index (χ0) is 14.5. The number of hydrogen-bond acceptors (Lipinski definition) is 3. The molecule has 0 unspecified atom stereocenters. The zero-order valence-electron chi connectivity index (χ0n) is 11.5. The Morgan fingerprint density at radius 1 is 1.20 bits per heavy atom. The molecule has 2 aromatic carbocycles. The van der Waals surface area contributed by atoms with E-state index in [4.69, 9.17) is 4.74 Å². The highest BCUT2D eigenvalue weighted by Crippen LogP contribution is 2.22. The van der Waals surface area contributed by atoms with Crippen LogP contribution < -0.4 is 9.64 Å². The second kappa shape index (κ2) is 6.10. The number of rotatable bonds is 4. The fourth-order valence-electron chi connectivity index (χ4n) is 1.98. The van der Waals surface area contributed by atoms with Crippen LogP contribution in [0.2, 0.25) is 0 Å². The maximum atomic E-state index is 12.3. The predicted octanol–water partition coefficient (Wildman–Crippen LogP) is 2.61. The van der Waals surface area contributed by atoms with Gasteiger partial charge < -0.3 is 14.7 Å². The van der Waals surface area contributed by atoms with Crippen LogP contribution in [-0.4, -0.2) is 25.2 Å². The molecule has 0 radical (unpaired) electrons. The summed E-state index contributed by atoms with van der Waals surface area (Å²) in [6, 6.07) is 14.1. The Bertz CT molecular complexity index is 610. The molecule has 0 aromatic heterocycles. The van der Waals surface area contributed by atoms with Gasteiger partial charge in [0.25, 0.3) is 0 Å². The van der Waals surface area contributed by atoms with E-state index in [1.165, 1.54) is 4.90 Å². The molecular formula is C16H17NO3. The number of methoxy groups -OCH3 is 1.